The van der Waals surface area contributed by atoms with Gasteiger partial charge in [-0.25, -0.2) is 0 Å². The molecule has 18 heavy (non-hydrogen) atoms. The summed E-state index contributed by atoms with van der Waals surface area (Å²) in [6.07, 6.45) is 6.99. The molecule has 4 N–H and O–H groups in total. The molecule has 0 heterocycles. The van der Waals surface area contributed by atoms with Crippen LogP contribution in [0.1, 0.15) is 51.9 Å². The Morgan fingerprint density at radius 3 is 2.50 bits per heavy atom. The van der Waals surface area contributed by atoms with E-state index in [1.165, 1.54) is 0 Å². The highest BCUT2D eigenvalue weighted by Crippen LogP contribution is 2.37. The number of carbonyl (C=O) groups is 1. The second-order valence-electron chi connectivity index (χ2n) is 5.74. The maximum atomic E-state index is 12.2. The fourth-order valence-electron chi connectivity index (χ4n) is 2.86. The number of oxime groups is 1. The van der Waals surface area contributed by atoms with Crippen molar-refractivity contribution >= 4 is 11.7 Å². The average molecular weight is 253 g/mol. The zero-order valence-electron chi connectivity index (χ0n) is 11.0. The minimum absolute atomic E-state index is 0.0373. The van der Waals surface area contributed by atoms with Gasteiger partial charge in [0.1, 0.15) is 5.54 Å². The Bertz CT molecular complexity index is 344. The molecule has 1 atom stereocenters. The first kappa shape index (κ1) is 13.2. The van der Waals surface area contributed by atoms with E-state index in [9.17, 15) is 4.79 Å². The summed E-state index contributed by atoms with van der Waals surface area (Å²) in [5.74, 6) is 0.762. The number of nitrogens with zero attached hydrogens (tertiary/aromatic N) is 1. The molecule has 1 amide bonds. The normalized spacial score (nSPS) is 25.5. The maximum absolute atomic E-state index is 12.2. The summed E-state index contributed by atoms with van der Waals surface area (Å²) in [6.45, 7) is 1.97. The van der Waals surface area contributed by atoms with E-state index in [-0.39, 0.29) is 17.7 Å². The lowest BCUT2D eigenvalue weighted by Gasteiger charge is -2.37. The van der Waals surface area contributed by atoms with E-state index in [0.717, 1.165) is 44.9 Å². The van der Waals surface area contributed by atoms with Gasteiger partial charge in [-0.1, -0.05) is 31.3 Å². The number of carbonyl (C=O) groups excluding carboxylic acids is 1. The summed E-state index contributed by atoms with van der Waals surface area (Å²) in [7, 11) is 0. The molecule has 0 bridgehead atoms. The minimum atomic E-state index is -0.618. The van der Waals surface area contributed by atoms with Gasteiger partial charge in [-0.2, -0.15) is 0 Å². The third kappa shape index (κ3) is 2.60. The van der Waals surface area contributed by atoms with Crippen molar-refractivity contribution in [2.45, 2.75) is 57.4 Å². The van der Waals surface area contributed by atoms with E-state index in [4.69, 9.17) is 10.9 Å². The second kappa shape index (κ2) is 5.16. The quantitative estimate of drug-likeness (QED) is 0.308. The molecule has 2 aliphatic rings. The third-order valence-electron chi connectivity index (χ3n) is 4.41. The Hall–Kier alpha value is -1.26. The van der Waals surface area contributed by atoms with Gasteiger partial charge in [0, 0.05) is 5.92 Å². The predicted octanol–water partition coefficient (Wildman–Crippen LogP) is 1.60. The molecule has 5 nitrogen and oxygen atoms in total. The highest BCUT2D eigenvalue weighted by atomic mass is 16.4. The summed E-state index contributed by atoms with van der Waals surface area (Å²) in [6, 6.07) is 0. The lowest BCUT2D eigenvalue weighted by Crippen LogP contribution is -2.59. The Labute approximate surface area is 108 Å². The van der Waals surface area contributed by atoms with Crippen LogP contribution in [0.3, 0.4) is 0 Å². The molecule has 2 fully saturated rings. The molecule has 0 radical (unpaired) electrons. The van der Waals surface area contributed by atoms with Crippen molar-refractivity contribution in [3.63, 3.8) is 0 Å². The van der Waals surface area contributed by atoms with Crippen molar-refractivity contribution < 1.29 is 10.0 Å². The maximum Gasteiger partial charge on any atom is 0.223 e. The van der Waals surface area contributed by atoms with Gasteiger partial charge in [-0.05, 0) is 31.6 Å². The molecule has 0 aromatic rings. The Balaban J connectivity index is 2.06. The topological polar surface area (TPSA) is 87.7 Å². The Morgan fingerprint density at radius 2 is 2.00 bits per heavy atom. The van der Waals surface area contributed by atoms with Crippen molar-refractivity contribution in [1.82, 2.24) is 5.32 Å². The molecular formula is C13H23N3O2. The zero-order valence-corrected chi connectivity index (χ0v) is 11.0. The van der Waals surface area contributed by atoms with E-state index in [1.807, 2.05) is 6.92 Å². The minimum Gasteiger partial charge on any atom is -0.409 e. The van der Waals surface area contributed by atoms with Gasteiger partial charge >= 0.3 is 0 Å². The van der Waals surface area contributed by atoms with Crippen molar-refractivity contribution in [1.29, 1.82) is 0 Å². The number of nitrogens with two attached hydrogens (primary N) is 1. The summed E-state index contributed by atoms with van der Waals surface area (Å²) in [4.78, 5) is 12.2. The van der Waals surface area contributed by atoms with Crippen LogP contribution in [0.25, 0.3) is 0 Å². The first-order valence-electron chi connectivity index (χ1n) is 6.89. The molecule has 102 valence electrons. The molecule has 2 rings (SSSR count). The summed E-state index contributed by atoms with van der Waals surface area (Å²) in [5, 5.41) is 15.1. The van der Waals surface area contributed by atoms with E-state index < -0.39 is 5.54 Å². The van der Waals surface area contributed by atoms with E-state index in [0.29, 0.717) is 5.92 Å². The fourth-order valence-corrected chi connectivity index (χ4v) is 2.86. The number of hydrogen-bond acceptors (Lipinski definition) is 3. The third-order valence-corrected chi connectivity index (χ3v) is 4.41. The molecule has 0 aromatic heterocycles. The van der Waals surface area contributed by atoms with Crippen molar-refractivity contribution in [2.75, 3.05) is 0 Å². The van der Waals surface area contributed by atoms with Crippen LogP contribution in [0.5, 0.6) is 0 Å². The van der Waals surface area contributed by atoms with E-state index in [1.54, 1.807) is 0 Å². The number of amides is 1. The predicted molar refractivity (Wildman–Crippen MR) is 69.3 cm³/mol. The summed E-state index contributed by atoms with van der Waals surface area (Å²) >= 11 is 0. The van der Waals surface area contributed by atoms with Gasteiger partial charge in [0.15, 0.2) is 5.84 Å². The van der Waals surface area contributed by atoms with Crippen LogP contribution >= 0.6 is 0 Å². The highest BCUT2D eigenvalue weighted by Gasteiger charge is 2.41. The van der Waals surface area contributed by atoms with Crippen LogP contribution in [0.4, 0.5) is 0 Å². The number of amidine groups is 1. The van der Waals surface area contributed by atoms with Gasteiger partial charge in [-0.3, -0.25) is 4.79 Å². The molecule has 0 aliphatic heterocycles. The van der Waals surface area contributed by atoms with Crippen molar-refractivity contribution in [3.8, 4) is 0 Å². The number of hydrogen-bond donors (Lipinski definition) is 3. The van der Waals surface area contributed by atoms with Crippen molar-refractivity contribution in [2.24, 2.45) is 22.7 Å². The van der Waals surface area contributed by atoms with Gasteiger partial charge in [0.25, 0.3) is 0 Å². The summed E-state index contributed by atoms with van der Waals surface area (Å²) < 4.78 is 0. The number of rotatable bonds is 4. The molecule has 5 heteroatoms. The molecule has 0 spiro atoms. The van der Waals surface area contributed by atoms with Crippen LogP contribution in [-0.4, -0.2) is 22.5 Å². The second-order valence-corrected chi connectivity index (χ2v) is 5.74. The molecule has 2 aliphatic carbocycles. The first-order valence-corrected chi connectivity index (χ1v) is 6.89. The highest BCUT2D eigenvalue weighted by molar-refractivity contribution is 5.94. The first-order chi connectivity index (χ1) is 8.59. The lowest BCUT2D eigenvalue weighted by molar-refractivity contribution is -0.126. The van der Waals surface area contributed by atoms with Crippen LogP contribution < -0.4 is 11.1 Å². The molecule has 1 unspecified atom stereocenters. The van der Waals surface area contributed by atoms with Crippen LogP contribution in [-0.2, 0) is 4.79 Å². The molecule has 2 saturated carbocycles. The Kier molecular flexibility index (Phi) is 3.78. The van der Waals surface area contributed by atoms with Gasteiger partial charge in [0.05, 0.1) is 0 Å². The van der Waals surface area contributed by atoms with Crippen LogP contribution in [0.2, 0.25) is 0 Å². The van der Waals surface area contributed by atoms with Gasteiger partial charge in [-0.15, -0.1) is 0 Å². The monoisotopic (exact) mass is 253 g/mol. The smallest absolute Gasteiger partial charge is 0.223 e. The standard InChI is InChI=1S/C13H23N3O2/c1-9(10-5-6-10)11(17)15-13(12(14)16-18)7-3-2-4-8-13/h9-10,18H,2-8H2,1H3,(H2,14,16)(H,15,17). The zero-order chi connectivity index (χ0) is 13.2. The SMILES string of the molecule is CC(C(=O)NC1(C(N)=NO)CCCCC1)C1CC1. The fraction of sp³-hybridized carbons (Fsp3) is 0.846. The summed E-state index contributed by atoms with van der Waals surface area (Å²) in [5.41, 5.74) is 5.19. The molecule has 0 aromatic carbocycles. The van der Waals surface area contributed by atoms with Crippen molar-refractivity contribution in [3.05, 3.63) is 0 Å². The average Bonchev–Trinajstić information content (AvgIpc) is 3.22. The molecule has 0 saturated heterocycles. The number of nitrogens with one attached hydrogen (secondary N) is 1. The Morgan fingerprint density at radius 1 is 1.39 bits per heavy atom. The van der Waals surface area contributed by atoms with Crippen LogP contribution in [0.15, 0.2) is 5.16 Å². The van der Waals surface area contributed by atoms with Gasteiger partial charge < -0.3 is 16.3 Å². The lowest BCUT2D eigenvalue weighted by atomic mass is 9.80. The van der Waals surface area contributed by atoms with E-state index in [2.05, 4.69) is 10.5 Å². The largest absolute Gasteiger partial charge is 0.409 e. The van der Waals surface area contributed by atoms with Gasteiger partial charge in [0.2, 0.25) is 5.91 Å². The molecular weight excluding hydrogens is 230 g/mol. The van der Waals surface area contributed by atoms with E-state index >= 15 is 0 Å². The van der Waals surface area contributed by atoms with Crippen LogP contribution in [0, 0.1) is 11.8 Å².